The normalized spacial score (nSPS) is 12.5. The van der Waals surface area contributed by atoms with E-state index in [2.05, 4.69) is 10.6 Å². The van der Waals surface area contributed by atoms with E-state index in [0.29, 0.717) is 11.3 Å². The van der Waals surface area contributed by atoms with Crippen LogP contribution in [-0.4, -0.2) is 32.4 Å². The highest BCUT2D eigenvalue weighted by molar-refractivity contribution is 7.90. The van der Waals surface area contributed by atoms with Gasteiger partial charge in [-0.25, -0.2) is 22.0 Å². The second kappa shape index (κ2) is 7.79. The summed E-state index contributed by atoms with van der Waals surface area (Å²) in [6.45, 7) is 1.44. The van der Waals surface area contributed by atoms with Crippen molar-refractivity contribution in [3.63, 3.8) is 0 Å². The average molecular weight is 384 g/mol. The second-order valence-corrected chi connectivity index (χ2v) is 7.79. The van der Waals surface area contributed by atoms with E-state index in [0.717, 1.165) is 18.4 Å². The lowest BCUT2D eigenvalue weighted by Gasteiger charge is -2.14. The first kappa shape index (κ1) is 19.8. The van der Waals surface area contributed by atoms with Gasteiger partial charge in [-0.15, -0.1) is 0 Å². The van der Waals surface area contributed by atoms with Gasteiger partial charge in [0.1, 0.15) is 0 Å². The average Bonchev–Trinajstić information content (AvgIpc) is 2.56. The largest absolute Gasteiger partial charge is 0.387 e. The van der Waals surface area contributed by atoms with Gasteiger partial charge < -0.3 is 15.7 Å². The zero-order valence-electron chi connectivity index (χ0n) is 14.1. The Balaban J connectivity index is 2.01. The molecule has 0 aliphatic heterocycles. The van der Waals surface area contributed by atoms with Gasteiger partial charge in [0.05, 0.1) is 11.0 Å². The van der Waals surface area contributed by atoms with Crippen molar-refractivity contribution in [3.05, 3.63) is 59.2 Å². The Morgan fingerprint density at radius 3 is 2.46 bits per heavy atom. The minimum Gasteiger partial charge on any atom is -0.387 e. The highest BCUT2D eigenvalue weighted by Crippen LogP contribution is 2.20. The van der Waals surface area contributed by atoms with Crippen LogP contribution in [0.5, 0.6) is 0 Å². The maximum atomic E-state index is 13.2. The molecule has 0 radical (unpaired) electrons. The maximum absolute atomic E-state index is 13.2. The Bertz CT molecular complexity index is 932. The number of benzene rings is 2. The number of aryl methyl sites for hydroxylation is 1. The molecular formula is C17H18F2N2O4S. The number of nitrogens with one attached hydrogen (secondary N) is 2. The van der Waals surface area contributed by atoms with Crippen molar-refractivity contribution in [2.45, 2.75) is 17.9 Å². The van der Waals surface area contributed by atoms with Gasteiger partial charge in [0.2, 0.25) is 0 Å². The standard InChI is InChI=1S/C17H18F2N2O4S/c1-10-3-5-12(26(2,24)25)8-15(10)21-17(23)20-9-16(22)11-4-6-13(18)14(19)7-11/h3-8,16,22H,9H2,1-2H3,(H2,20,21,23). The molecule has 0 bridgehead atoms. The zero-order chi connectivity index (χ0) is 19.5. The second-order valence-electron chi connectivity index (χ2n) is 5.77. The minimum absolute atomic E-state index is 0.0558. The summed E-state index contributed by atoms with van der Waals surface area (Å²) >= 11 is 0. The third kappa shape index (κ3) is 4.99. The quantitative estimate of drug-likeness (QED) is 0.738. The summed E-state index contributed by atoms with van der Waals surface area (Å²) in [6, 6.07) is 6.58. The molecule has 1 atom stereocenters. The monoisotopic (exact) mass is 384 g/mol. The number of hydrogen-bond donors (Lipinski definition) is 3. The summed E-state index contributed by atoms with van der Waals surface area (Å²) < 4.78 is 49.2. The van der Waals surface area contributed by atoms with Gasteiger partial charge in [-0.2, -0.15) is 0 Å². The van der Waals surface area contributed by atoms with E-state index in [9.17, 15) is 27.1 Å². The number of sulfone groups is 1. The Hall–Kier alpha value is -2.52. The molecule has 0 fully saturated rings. The fourth-order valence-electron chi connectivity index (χ4n) is 2.16. The first-order valence-electron chi connectivity index (χ1n) is 7.56. The van der Waals surface area contributed by atoms with E-state index < -0.39 is 33.6 Å². The molecule has 2 rings (SSSR count). The number of aliphatic hydroxyl groups excluding tert-OH is 1. The zero-order valence-corrected chi connectivity index (χ0v) is 14.9. The van der Waals surface area contributed by atoms with Crippen LogP contribution in [0.4, 0.5) is 19.3 Å². The van der Waals surface area contributed by atoms with Crippen LogP contribution in [0.2, 0.25) is 0 Å². The number of halogens is 2. The smallest absolute Gasteiger partial charge is 0.319 e. The molecule has 0 saturated heterocycles. The molecular weight excluding hydrogens is 366 g/mol. The Morgan fingerprint density at radius 2 is 1.85 bits per heavy atom. The third-order valence-electron chi connectivity index (χ3n) is 3.67. The molecule has 0 heterocycles. The molecule has 0 aliphatic rings. The molecule has 2 aromatic carbocycles. The van der Waals surface area contributed by atoms with Gasteiger partial charge in [-0.05, 0) is 42.3 Å². The van der Waals surface area contributed by atoms with Crippen LogP contribution < -0.4 is 10.6 Å². The molecule has 0 aliphatic carbocycles. The number of carbonyl (C=O) groups is 1. The first-order chi connectivity index (χ1) is 12.1. The molecule has 1 unspecified atom stereocenters. The molecule has 2 aromatic rings. The van der Waals surface area contributed by atoms with Gasteiger partial charge in [0.25, 0.3) is 0 Å². The molecule has 0 spiro atoms. The van der Waals surface area contributed by atoms with Gasteiger partial charge in [0, 0.05) is 18.5 Å². The van der Waals surface area contributed by atoms with Crippen LogP contribution >= 0.6 is 0 Å². The number of hydrogen-bond acceptors (Lipinski definition) is 4. The van der Waals surface area contributed by atoms with E-state index in [-0.39, 0.29) is 17.0 Å². The van der Waals surface area contributed by atoms with Crippen LogP contribution in [0.15, 0.2) is 41.3 Å². The van der Waals surface area contributed by atoms with Gasteiger partial charge >= 0.3 is 6.03 Å². The number of rotatable bonds is 5. The number of amides is 2. The van der Waals surface area contributed by atoms with Crippen molar-refractivity contribution in [3.8, 4) is 0 Å². The molecule has 3 N–H and O–H groups in total. The van der Waals surface area contributed by atoms with E-state index >= 15 is 0 Å². The lowest BCUT2D eigenvalue weighted by molar-refractivity contribution is 0.174. The predicted octanol–water partition coefficient (Wildman–Crippen LogP) is 2.53. The van der Waals surface area contributed by atoms with Crippen LogP contribution in [0.3, 0.4) is 0 Å². The SMILES string of the molecule is Cc1ccc(S(C)(=O)=O)cc1NC(=O)NCC(O)c1ccc(F)c(F)c1. The summed E-state index contributed by atoms with van der Waals surface area (Å²) in [5.41, 5.74) is 1.06. The topological polar surface area (TPSA) is 95.5 Å². The molecule has 140 valence electrons. The van der Waals surface area contributed by atoms with Crippen LogP contribution in [-0.2, 0) is 9.84 Å². The maximum Gasteiger partial charge on any atom is 0.319 e. The van der Waals surface area contributed by atoms with Crippen molar-refractivity contribution in [2.75, 3.05) is 18.1 Å². The highest BCUT2D eigenvalue weighted by atomic mass is 32.2. The lowest BCUT2D eigenvalue weighted by Crippen LogP contribution is -2.32. The molecule has 0 saturated carbocycles. The Labute approximate surface area is 149 Å². The van der Waals surface area contributed by atoms with Crippen LogP contribution in [0, 0.1) is 18.6 Å². The van der Waals surface area contributed by atoms with E-state index in [1.54, 1.807) is 13.0 Å². The van der Waals surface area contributed by atoms with Crippen molar-refractivity contribution in [1.29, 1.82) is 0 Å². The number of urea groups is 1. The summed E-state index contributed by atoms with van der Waals surface area (Å²) in [4.78, 5) is 12.0. The van der Waals surface area contributed by atoms with Gasteiger partial charge in [0.15, 0.2) is 21.5 Å². The summed E-state index contributed by atoms with van der Waals surface area (Å²) in [5, 5.41) is 14.8. The summed E-state index contributed by atoms with van der Waals surface area (Å²) in [6.07, 6.45) is -0.181. The molecule has 9 heteroatoms. The van der Waals surface area contributed by atoms with Crippen molar-refractivity contribution >= 4 is 21.6 Å². The minimum atomic E-state index is -3.43. The van der Waals surface area contributed by atoms with Crippen molar-refractivity contribution in [1.82, 2.24) is 5.32 Å². The van der Waals surface area contributed by atoms with Gasteiger partial charge in [-0.1, -0.05) is 12.1 Å². The van der Waals surface area contributed by atoms with Crippen molar-refractivity contribution < 1.29 is 27.1 Å². The number of anilines is 1. The predicted molar refractivity (Wildman–Crippen MR) is 92.6 cm³/mol. The molecule has 6 nitrogen and oxygen atoms in total. The fraction of sp³-hybridized carbons (Fsp3) is 0.235. The van der Waals surface area contributed by atoms with E-state index in [4.69, 9.17) is 0 Å². The molecule has 0 aromatic heterocycles. The Morgan fingerprint density at radius 1 is 1.15 bits per heavy atom. The summed E-state index contributed by atoms with van der Waals surface area (Å²) in [7, 11) is -3.43. The Kier molecular flexibility index (Phi) is 5.94. The highest BCUT2D eigenvalue weighted by Gasteiger charge is 2.14. The summed E-state index contributed by atoms with van der Waals surface area (Å²) in [5.74, 6) is -2.13. The first-order valence-corrected chi connectivity index (χ1v) is 9.45. The molecule has 26 heavy (non-hydrogen) atoms. The van der Waals surface area contributed by atoms with Gasteiger partial charge in [-0.3, -0.25) is 0 Å². The lowest BCUT2D eigenvalue weighted by atomic mass is 10.1. The number of carbonyl (C=O) groups excluding carboxylic acids is 1. The van der Waals surface area contributed by atoms with E-state index in [1.165, 1.54) is 18.2 Å². The van der Waals surface area contributed by atoms with Crippen LogP contribution in [0.1, 0.15) is 17.2 Å². The number of aliphatic hydroxyl groups is 1. The third-order valence-corrected chi connectivity index (χ3v) is 4.78. The van der Waals surface area contributed by atoms with Crippen molar-refractivity contribution in [2.24, 2.45) is 0 Å². The molecule has 2 amide bonds. The van der Waals surface area contributed by atoms with E-state index in [1.807, 2.05) is 0 Å². The fourth-order valence-corrected chi connectivity index (χ4v) is 2.81. The van der Waals surface area contributed by atoms with Crippen LogP contribution in [0.25, 0.3) is 0 Å².